The minimum Gasteiger partial charge on any atom is -0.369 e. The van der Waals surface area contributed by atoms with E-state index in [4.69, 9.17) is 23.2 Å². The highest BCUT2D eigenvalue weighted by molar-refractivity contribution is 6.18. The van der Waals surface area contributed by atoms with Gasteiger partial charge in [0.15, 0.2) is 0 Å². The lowest BCUT2D eigenvalue weighted by Crippen LogP contribution is -2.27. The Morgan fingerprint density at radius 1 is 1.06 bits per heavy atom. The van der Waals surface area contributed by atoms with Crippen LogP contribution in [-0.4, -0.2) is 52.4 Å². The molecule has 2 N–H and O–H groups in total. The first-order chi connectivity index (χ1) is 16.5. The number of nitrogens with one attached hydrogen (secondary N) is 2. The number of rotatable bonds is 11. The Morgan fingerprint density at radius 2 is 1.74 bits per heavy atom. The second kappa shape index (κ2) is 12.8. The van der Waals surface area contributed by atoms with E-state index in [1.54, 1.807) is 35.4 Å². The Bertz CT molecular complexity index is 1110. The van der Waals surface area contributed by atoms with E-state index in [0.29, 0.717) is 17.4 Å². The predicted molar refractivity (Wildman–Crippen MR) is 138 cm³/mol. The van der Waals surface area contributed by atoms with Crippen LogP contribution in [-0.2, 0) is 16.1 Å². The number of imidazole rings is 1. The lowest BCUT2D eigenvalue weighted by Gasteiger charge is -2.22. The van der Waals surface area contributed by atoms with Crippen molar-refractivity contribution in [3.63, 3.8) is 0 Å². The molecule has 0 unspecified atom stereocenters. The van der Waals surface area contributed by atoms with Gasteiger partial charge in [-0.05, 0) is 29.8 Å². The zero-order valence-electron chi connectivity index (χ0n) is 18.7. The molecular formula is C24H26Cl2N6O2. The fourth-order valence-corrected chi connectivity index (χ4v) is 3.66. The molecule has 3 aromatic rings. The maximum Gasteiger partial charge on any atom is 0.260 e. The molecule has 0 aliphatic heterocycles. The monoisotopic (exact) mass is 500 g/mol. The standard InChI is InChI=1S/C24H26Cl2N6O2/c1-18(33)29-21-6-4-20(5-7-21)23-15-31(17-27-23)16-24(34)30-28-14-19-2-8-22(9-3-19)32(12-10-25)13-11-26/h2-9,14-15,17H,10-13,16H2,1H3,(H,29,33)(H,30,34)/b28-14-. The maximum atomic E-state index is 12.2. The van der Waals surface area contributed by atoms with Gasteiger partial charge in [0.1, 0.15) is 6.54 Å². The number of nitrogens with zero attached hydrogens (tertiary/aromatic N) is 4. The Hall–Kier alpha value is -3.36. The van der Waals surface area contributed by atoms with Crippen LogP contribution >= 0.6 is 23.2 Å². The van der Waals surface area contributed by atoms with Gasteiger partial charge in [0.05, 0.1) is 18.2 Å². The summed E-state index contributed by atoms with van der Waals surface area (Å²) in [5, 5.41) is 6.76. The molecule has 0 radical (unpaired) electrons. The fraction of sp³-hybridized carbons (Fsp3) is 0.250. The van der Waals surface area contributed by atoms with E-state index in [-0.39, 0.29) is 18.4 Å². The van der Waals surface area contributed by atoms with Crippen molar-refractivity contribution in [2.75, 3.05) is 35.1 Å². The van der Waals surface area contributed by atoms with Crippen LogP contribution in [0.3, 0.4) is 0 Å². The van der Waals surface area contributed by atoms with Crippen LogP contribution in [0.4, 0.5) is 11.4 Å². The van der Waals surface area contributed by atoms with Gasteiger partial charge in [-0.15, -0.1) is 23.2 Å². The fourth-order valence-electron chi connectivity index (χ4n) is 3.25. The van der Waals surface area contributed by atoms with Crippen molar-refractivity contribution in [1.29, 1.82) is 0 Å². The topological polar surface area (TPSA) is 91.6 Å². The molecule has 1 heterocycles. The van der Waals surface area contributed by atoms with Crippen LogP contribution in [0.1, 0.15) is 12.5 Å². The molecule has 34 heavy (non-hydrogen) atoms. The zero-order valence-corrected chi connectivity index (χ0v) is 20.3. The van der Waals surface area contributed by atoms with Crippen molar-refractivity contribution in [2.45, 2.75) is 13.5 Å². The van der Waals surface area contributed by atoms with E-state index >= 15 is 0 Å². The molecule has 10 heteroatoms. The van der Waals surface area contributed by atoms with Crippen LogP contribution in [0, 0.1) is 0 Å². The van der Waals surface area contributed by atoms with Crippen molar-refractivity contribution in [3.8, 4) is 11.3 Å². The van der Waals surface area contributed by atoms with Crippen molar-refractivity contribution >= 4 is 52.6 Å². The minimum atomic E-state index is -0.270. The number of hydrogen-bond donors (Lipinski definition) is 2. The summed E-state index contributed by atoms with van der Waals surface area (Å²) in [5.41, 5.74) is 6.73. The number of amides is 2. The Morgan fingerprint density at radius 3 is 2.35 bits per heavy atom. The van der Waals surface area contributed by atoms with Gasteiger partial charge in [-0.1, -0.05) is 24.3 Å². The van der Waals surface area contributed by atoms with Gasteiger partial charge >= 0.3 is 0 Å². The average Bonchev–Trinajstić information content (AvgIpc) is 3.28. The lowest BCUT2D eigenvalue weighted by molar-refractivity contribution is -0.121. The van der Waals surface area contributed by atoms with Crippen LogP contribution in [0.15, 0.2) is 66.2 Å². The molecule has 3 rings (SSSR count). The summed E-state index contributed by atoms with van der Waals surface area (Å²) < 4.78 is 1.68. The largest absolute Gasteiger partial charge is 0.369 e. The number of hydrazone groups is 1. The lowest BCUT2D eigenvalue weighted by atomic mass is 10.1. The highest BCUT2D eigenvalue weighted by Gasteiger charge is 2.07. The molecule has 1 aromatic heterocycles. The molecule has 0 atom stereocenters. The van der Waals surface area contributed by atoms with Gasteiger partial charge in [0.2, 0.25) is 5.91 Å². The van der Waals surface area contributed by atoms with E-state index < -0.39 is 0 Å². The third kappa shape index (κ3) is 7.60. The van der Waals surface area contributed by atoms with Crippen molar-refractivity contribution < 1.29 is 9.59 Å². The summed E-state index contributed by atoms with van der Waals surface area (Å²) >= 11 is 11.7. The molecule has 0 saturated carbocycles. The van der Waals surface area contributed by atoms with Crippen LogP contribution < -0.4 is 15.6 Å². The van der Waals surface area contributed by atoms with E-state index in [1.165, 1.54) is 6.92 Å². The summed E-state index contributed by atoms with van der Waals surface area (Å²) in [4.78, 5) is 29.8. The average molecular weight is 501 g/mol. The van der Waals surface area contributed by atoms with E-state index in [1.807, 2.05) is 36.4 Å². The highest BCUT2D eigenvalue weighted by Crippen LogP contribution is 2.19. The first kappa shape index (κ1) is 25.3. The third-order valence-electron chi connectivity index (χ3n) is 4.83. The molecule has 2 aromatic carbocycles. The molecule has 0 fully saturated rings. The normalized spacial score (nSPS) is 10.9. The first-order valence-corrected chi connectivity index (χ1v) is 11.7. The van der Waals surface area contributed by atoms with E-state index in [2.05, 4.69) is 25.7 Å². The third-order valence-corrected chi connectivity index (χ3v) is 5.17. The molecule has 8 nitrogen and oxygen atoms in total. The van der Waals surface area contributed by atoms with Gasteiger partial charge in [0, 0.05) is 54.9 Å². The zero-order chi connectivity index (χ0) is 24.3. The highest BCUT2D eigenvalue weighted by atomic mass is 35.5. The van der Waals surface area contributed by atoms with E-state index in [9.17, 15) is 9.59 Å². The van der Waals surface area contributed by atoms with E-state index in [0.717, 1.165) is 35.6 Å². The number of carbonyl (C=O) groups is 2. The van der Waals surface area contributed by atoms with Gasteiger partial charge in [0.25, 0.3) is 5.91 Å². The van der Waals surface area contributed by atoms with Crippen molar-refractivity contribution in [1.82, 2.24) is 15.0 Å². The van der Waals surface area contributed by atoms with Gasteiger partial charge in [-0.25, -0.2) is 10.4 Å². The van der Waals surface area contributed by atoms with Crippen molar-refractivity contribution in [3.05, 3.63) is 66.6 Å². The smallest absolute Gasteiger partial charge is 0.260 e. The number of carbonyl (C=O) groups excluding carboxylic acids is 2. The molecule has 0 saturated heterocycles. The second-order valence-corrected chi connectivity index (χ2v) is 8.20. The van der Waals surface area contributed by atoms with Crippen LogP contribution in [0.25, 0.3) is 11.3 Å². The van der Waals surface area contributed by atoms with Gasteiger partial charge in [-0.3, -0.25) is 9.59 Å². The summed E-state index contributed by atoms with van der Waals surface area (Å²) in [6, 6.07) is 15.1. The van der Waals surface area contributed by atoms with Gasteiger partial charge < -0.3 is 14.8 Å². The Balaban J connectivity index is 1.51. The molecule has 0 aliphatic rings. The number of alkyl halides is 2. The molecule has 2 amide bonds. The van der Waals surface area contributed by atoms with Crippen molar-refractivity contribution in [2.24, 2.45) is 5.10 Å². The van der Waals surface area contributed by atoms with Gasteiger partial charge in [-0.2, -0.15) is 5.10 Å². The number of aromatic nitrogens is 2. The molecular weight excluding hydrogens is 475 g/mol. The number of halogens is 2. The quantitative estimate of drug-likeness (QED) is 0.237. The predicted octanol–water partition coefficient (Wildman–Crippen LogP) is 3.94. The minimum absolute atomic E-state index is 0.0824. The maximum absolute atomic E-state index is 12.2. The van der Waals surface area contributed by atoms with Crippen LogP contribution in [0.2, 0.25) is 0 Å². The summed E-state index contributed by atoms with van der Waals surface area (Å²) in [7, 11) is 0. The second-order valence-electron chi connectivity index (χ2n) is 7.44. The molecule has 0 spiro atoms. The SMILES string of the molecule is CC(=O)Nc1ccc(-c2cn(CC(=O)N/N=C\c3ccc(N(CCCl)CCCl)cc3)cn2)cc1. The summed E-state index contributed by atoms with van der Waals surface area (Å²) in [6.45, 7) is 2.98. The van der Waals surface area contributed by atoms with Crippen LogP contribution in [0.5, 0.6) is 0 Å². The Labute approximate surface area is 208 Å². The molecule has 0 aliphatic carbocycles. The number of benzene rings is 2. The molecule has 0 bridgehead atoms. The Kier molecular flexibility index (Phi) is 9.49. The summed E-state index contributed by atoms with van der Waals surface area (Å²) in [6.07, 6.45) is 4.96. The summed E-state index contributed by atoms with van der Waals surface area (Å²) in [5.74, 6) is 0.650. The number of anilines is 2. The molecule has 178 valence electrons. The first-order valence-electron chi connectivity index (χ1n) is 10.7. The number of hydrogen-bond acceptors (Lipinski definition) is 5.